The molecule has 1 N–H and O–H groups in total. The highest BCUT2D eigenvalue weighted by Gasteiger charge is 2.34. The van der Waals surface area contributed by atoms with Crippen LogP contribution in [-0.4, -0.2) is 44.8 Å². The molecule has 2 aromatic carbocycles. The van der Waals surface area contributed by atoms with E-state index in [1.165, 1.54) is 30.3 Å². The highest BCUT2D eigenvalue weighted by Crippen LogP contribution is 2.36. The summed E-state index contributed by atoms with van der Waals surface area (Å²) in [6.07, 6.45) is 2.98. The molecule has 0 fully saturated rings. The van der Waals surface area contributed by atoms with Crippen molar-refractivity contribution in [2.45, 2.75) is 25.3 Å². The van der Waals surface area contributed by atoms with Crippen molar-refractivity contribution in [3.8, 4) is 5.75 Å². The lowest BCUT2D eigenvalue weighted by atomic mass is 9.97. The van der Waals surface area contributed by atoms with E-state index in [1.807, 2.05) is 12.1 Å². The number of halogens is 1. The molecule has 3 aromatic rings. The molecule has 2 heterocycles. The van der Waals surface area contributed by atoms with Crippen LogP contribution in [0, 0.1) is 5.82 Å². The molecule has 8 nitrogen and oxygen atoms in total. The second kappa shape index (κ2) is 8.47. The van der Waals surface area contributed by atoms with Crippen LogP contribution in [0.3, 0.4) is 0 Å². The Morgan fingerprint density at radius 2 is 1.90 bits per heavy atom. The van der Waals surface area contributed by atoms with Gasteiger partial charge in [-0.15, -0.1) is 0 Å². The van der Waals surface area contributed by atoms with Crippen LogP contribution in [0.1, 0.15) is 36.4 Å². The molecule has 4 rings (SSSR count). The van der Waals surface area contributed by atoms with Gasteiger partial charge in [-0.1, -0.05) is 6.07 Å². The Bertz CT molecular complexity index is 1200. The average molecular weight is 422 g/mol. The van der Waals surface area contributed by atoms with Crippen LogP contribution in [-0.2, 0) is 9.59 Å². The number of methoxy groups -OCH3 is 1. The van der Waals surface area contributed by atoms with Gasteiger partial charge in [0.15, 0.2) is 0 Å². The first-order valence-corrected chi connectivity index (χ1v) is 9.62. The van der Waals surface area contributed by atoms with Gasteiger partial charge in [0.2, 0.25) is 5.91 Å². The van der Waals surface area contributed by atoms with Crippen LogP contribution in [0.5, 0.6) is 5.75 Å². The first-order chi connectivity index (χ1) is 15.0. The maximum absolute atomic E-state index is 13.9. The lowest BCUT2D eigenvalue weighted by molar-refractivity contribution is -0.141. The number of hydrazone groups is 1. The molecule has 1 unspecified atom stereocenters. The van der Waals surface area contributed by atoms with E-state index in [-0.39, 0.29) is 12.8 Å². The molecule has 0 aliphatic carbocycles. The molecule has 1 aliphatic rings. The van der Waals surface area contributed by atoms with Crippen molar-refractivity contribution in [3.05, 3.63) is 65.7 Å². The van der Waals surface area contributed by atoms with E-state index >= 15 is 0 Å². The molecule has 1 atom stereocenters. The Morgan fingerprint density at radius 1 is 1.13 bits per heavy atom. The first kappa shape index (κ1) is 20.4. The van der Waals surface area contributed by atoms with Gasteiger partial charge in [-0.2, -0.15) is 5.10 Å². The third kappa shape index (κ3) is 4.20. The molecule has 1 amide bonds. The predicted molar refractivity (Wildman–Crippen MR) is 110 cm³/mol. The number of carbonyl (C=O) groups is 2. The topological polar surface area (TPSA) is 105 Å². The number of ether oxygens (including phenoxy) is 1. The number of amides is 1. The van der Waals surface area contributed by atoms with E-state index in [9.17, 15) is 14.0 Å². The van der Waals surface area contributed by atoms with Gasteiger partial charge in [-0.05, 0) is 35.9 Å². The van der Waals surface area contributed by atoms with Gasteiger partial charge in [-0.25, -0.2) is 9.40 Å². The molecular weight excluding hydrogens is 403 g/mol. The Hall–Kier alpha value is -3.88. The number of nitrogens with zero attached hydrogens (tertiary/aromatic N) is 4. The Kier molecular flexibility index (Phi) is 5.57. The van der Waals surface area contributed by atoms with Crippen molar-refractivity contribution in [1.82, 2.24) is 15.0 Å². The third-order valence-corrected chi connectivity index (χ3v) is 5.07. The molecule has 0 bridgehead atoms. The number of fused-ring (bicyclic) bond motifs is 1. The van der Waals surface area contributed by atoms with Gasteiger partial charge in [0.1, 0.15) is 11.6 Å². The monoisotopic (exact) mass is 422 g/mol. The highest BCUT2D eigenvalue weighted by molar-refractivity contribution is 6.05. The predicted octanol–water partition coefficient (Wildman–Crippen LogP) is 3.32. The summed E-state index contributed by atoms with van der Waals surface area (Å²) in [4.78, 5) is 32.3. The van der Waals surface area contributed by atoms with Gasteiger partial charge >= 0.3 is 5.97 Å². The van der Waals surface area contributed by atoms with Crippen LogP contribution in [0.25, 0.3) is 11.0 Å². The molecule has 0 radical (unpaired) electrons. The summed E-state index contributed by atoms with van der Waals surface area (Å²) in [6.45, 7) is 0. The van der Waals surface area contributed by atoms with Crippen molar-refractivity contribution in [2.75, 3.05) is 7.11 Å². The zero-order valence-corrected chi connectivity index (χ0v) is 16.7. The second-order valence-electron chi connectivity index (χ2n) is 7.05. The minimum absolute atomic E-state index is 0.198. The minimum Gasteiger partial charge on any atom is -0.496 e. The molecular formula is C22H19FN4O4. The summed E-state index contributed by atoms with van der Waals surface area (Å²) in [5.41, 5.74) is 3.06. The number of hydrogen-bond acceptors (Lipinski definition) is 6. The second-order valence-corrected chi connectivity index (χ2v) is 7.05. The fourth-order valence-corrected chi connectivity index (χ4v) is 3.58. The van der Waals surface area contributed by atoms with Gasteiger partial charge in [0.25, 0.3) is 0 Å². The summed E-state index contributed by atoms with van der Waals surface area (Å²) in [5, 5.41) is 14.7. The molecule has 0 spiro atoms. The van der Waals surface area contributed by atoms with Crippen molar-refractivity contribution in [1.29, 1.82) is 0 Å². The van der Waals surface area contributed by atoms with Crippen molar-refractivity contribution in [3.63, 3.8) is 0 Å². The summed E-state index contributed by atoms with van der Waals surface area (Å²) in [5.74, 6) is -1.52. The van der Waals surface area contributed by atoms with E-state index in [0.717, 1.165) is 5.56 Å². The SMILES string of the molecule is COc1ccc(F)cc1C1=NN(C(=O)CCC(=O)O)C(c2ccc3nccnc3c2)C1. The Balaban J connectivity index is 1.74. The number of aromatic nitrogens is 2. The third-order valence-electron chi connectivity index (χ3n) is 5.07. The van der Waals surface area contributed by atoms with Gasteiger partial charge < -0.3 is 9.84 Å². The molecule has 158 valence electrons. The number of rotatable bonds is 6. The molecule has 1 aliphatic heterocycles. The van der Waals surface area contributed by atoms with E-state index in [2.05, 4.69) is 15.1 Å². The van der Waals surface area contributed by atoms with E-state index in [4.69, 9.17) is 9.84 Å². The van der Waals surface area contributed by atoms with Crippen molar-refractivity contribution < 1.29 is 23.8 Å². The maximum atomic E-state index is 13.9. The van der Waals surface area contributed by atoms with Crippen LogP contribution >= 0.6 is 0 Å². The normalized spacial score (nSPS) is 15.7. The van der Waals surface area contributed by atoms with Gasteiger partial charge in [-0.3, -0.25) is 19.6 Å². The van der Waals surface area contributed by atoms with Crippen LogP contribution in [0.4, 0.5) is 4.39 Å². The van der Waals surface area contributed by atoms with E-state index < -0.39 is 23.7 Å². The van der Waals surface area contributed by atoms with Gasteiger partial charge in [0.05, 0.1) is 36.3 Å². The summed E-state index contributed by atoms with van der Waals surface area (Å²) in [7, 11) is 1.47. The number of aliphatic carboxylic acids is 1. The Morgan fingerprint density at radius 3 is 2.65 bits per heavy atom. The van der Waals surface area contributed by atoms with E-state index in [1.54, 1.807) is 18.5 Å². The number of carboxylic acid groups (broad SMARTS) is 1. The summed E-state index contributed by atoms with van der Waals surface area (Å²) in [6, 6.07) is 9.07. The molecule has 0 saturated heterocycles. The lowest BCUT2D eigenvalue weighted by Crippen LogP contribution is -2.27. The molecule has 9 heteroatoms. The molecule has 1 aromatic heterocycles. The van der Waals surface area contributed by atoms with Crippen molar-refractivity contribution >= 4 is 28.6 Å². The molecule has 0 saturated carbocycles. The highest BCUT2D eigenvalue weighted by atomic mass is 19.1. The van der Waals surface area contributed by atoms with Crippen LogP contribution < -0.4 is 4.74 Å². The largest absolute Gasteiger partial charge is 0.496 e. The number of benzene rings is 2. The Labute approximate surface area is 177 Å². The number of carbonyl (C=O) groups excluding carboxylic acids is 1. The lowest BCUT2D eigenvalue weighted by Gasteiger charge is -2.22. The number of hydrogen-bond donors (Lipinski definition) is 1. The fraction of sp³-hybridized carbons (Fsp3) is 0.227. The zero-order valence-electron chi connectivity index (χ0n) is 16.7. The zero-order chi connectivity index (χ0) is 22.0. The standard InChI is InChI=1S/C22H19FN4O4/c1-31-20-5-3-14(23)11-15(20)17-12-19(27(26-17)21(28)6-7-22(29)30)13-2-4-16-18(10-13)25-9-8-24-16/h2-5,8-11,19H,6-7,12H2,1H3,(H,29,30). The van der Waals surface area contributed by atoms with Crippen LogP contribution in [0.15, 0.2) is 53.9 Å². The molecule has 31 heavy (non-hydrogen) atoms. The maximum Gasteiger partial charge on any atom is 0.303 e. The fourth-order valence-electron chi connectivity index (χ4n) is 3.58. The number of carboxylic acids is 1. The smallest absolute Gasteiger partial charge is 0.303 e. The average Bonchev–Trinajstić information content (AvgIpc) is 3.22. The minimum atomic E-state index is -1.07. The summed E-state index contributed by atoms with van der Waals surface area (Å²) < 4.78 is 19.3. The van der Waals surface area contributed by atoms with E-state index in [0.29, 0.717) is 34.5 Å². The van der Waals surface area contributed by atoms with Crippen LogP contribution in [0.2, 0.25) is 0 Å². The van der Waals surface area contributed by atoms with Crippen molar-refractivity contribution in [2.24, 2.45) is 5.10 Å². The summed E-state index contributed by atoms with van der Waals surface area (Å²) >= 11 is 0. The van der Waals surface area contributed by atoms with Gasteiger partial charge in [0, 0.05) is 30.8 Å². The quantitative estimate of drug-likeness (QED) is 0.653. The first-order valence-electron chi connectivity index (χ1n) is 9.62.